The Labute approximate surface area is 119 Å². The summed E-state index contributed by atoms with van der Waals surface area (Å²) in [5.41, 5.74) is 1.98. The minimum absolute atomic E-state index is 0.155. The van der Waals surface area contributed by atoms with Crippen LogP contribution in [0.25, 0.3) is 0 Å². The van der Waals surface area contributed by atoms with Gasteiger partial charge in [0.1, 0.15) is 0 Å². The summed E-state index contributed by atoms with van der Waals surface area (Å²) in [4.78, 5) is 1.99. The van der Waals surface area contributed by atoms with Gasteiger partial charge in [0.2, 0.25) is 0 Å². The molecule has 0 amide bonds. The molecule has 1 N–H and O–H groups in total. The lowest BCUT2D eigenvalue weighted by Gasteiger charge is -2.13. The van der Waals surface area contributed by atoms with E-state index < -0.39 is 10.0 Å². The van der Waals surface area contributed by atoms with Gasteiger partial charge < -0.3 is 4.90 Å². The molecule has 2 aromatic rings. The maximum Gasteiger partial charge on any atom is 0.258 e. The van der Waals surface area contributed by atoms with Gasteiger partial charge in [-0.2, -0.15) is 5.10 Å². The van der Waals surface area contributed by atoms with Crippen LogP contribution in [0.5, 0.6) is 0 Å². The zero-order chi connectivity index (χ0) is 14.8. The van der Waals surface area contributed by atoms with E-state index in [1.807, 2.05) is 43.3 Å². The smallest absolute Gasteiger partial charge is 0.258 e. The van der Waals surface area contributed by atoms with E-state index in [4.69, 9.17) is 0 Å². The lowest BCUT2D eigenvalue weighted by atomic mass is 10.2. The number of aromatic nitrogens is 2. The van der Waals surface area contributed by atoms with Crippen molar-refractivity contribution >= 4 is 15.7 Å². The van der Waals surface area contributed by atoms with Gasteiger partial charge in [0, 0.05) is 33.4 Å². The molecule has 0 spiro atoms. The van der Waals surface area contributed by atoms with Crippen LogP contribution in [0.3, 0.4) is 0 Å². The predicted molar refractivity (Wildman–Crippen MR) is 78.0 cm³/mol. The molecule has 0 unspecified atom stereocenters. The second-order valence-corrected chi connectivity index (χ2v) is 6.39. The molecule has 1 heterocycles. The topological polar surface area (TPSA) is 67.2 Å². The van der Waals surface area contributed by atoms with Gasteiger partial charge >= 0.3 is 0 Å². The minimum Gasteiger partial charge on any atom is -0.378 e. The van der Waals surface area contributed by atoms with Gasteiger partial charge in [0.05, 0.1) is 6.20 Å². The summed E-state index contributed by atoms with van der Waals surface area (Å²) in [5.74, 6) is 0. The number of benzene rings is 1. The average molecular weight is 294 g/mol. The van der Waals surface area contributed by atoms with Crippen molar-refractivity contribution in [2.75, 3.05) is 19.0 Å². The molecule has 0 aliphatic heterocycles. The molecule has 7 heteroatoms. The first-order valence-electron chi connectivity index (χ1n) is 6.14. The van der Waals surface area contributed by atoms with Gasteiger partial charge in [-0.1, -0.05) is 12.1 Å². The number of nitrogens with one attached hydrogen (secondary N) is 1. The summed E-state index contributed by atoms with van der Waals surface area (Å²) in [6.07, 6.45) is 1.46. The van der Waals surface area contributed by atoms with Crippen LogP contribution in [-0.2, 0) is 23.6 Å². The molecular formula is C13H18N4O2S. The van der Waals surface area contributed by atoms with Crippen molar-refractivity contribution in [2.45, 2.75) is 11.6 Å². The van der Waals surface area contributed by atoms with E-state index in [0.717, 1.165) is 11.3 Å². The lowest BCUT2D eigenvalue weighted by Crippen LogP contribution is -2.25. The van der Waals surface area contributed by atoms with Gasteiger partial charge in [-0.3, -0.25) is 4.68 Å². The van der Waals surface area contributed by atoms with E-state index in [1.54, 1.807) is 7.05 Å². The van der Waals surface area contributed by atoms with Crippen molar-refractivity contribution in [2.24, 2.45) is 7.05 Å². The standard InChI is InChI=1S/C13H18N4O2S/c1-16(2)12-6-4-11(5-7-12)10-15-20(18,19)13-8-9-14-17(13)3/h4-9,15H,10H2,1-3H3. The molecule has 0 bridgehead atoms. The molecule has 20 heavy (non-hydrogen) atoms. The van der Waals surface area contributed by atoms with E-state index in [2.05, 4.69) is 9.82 Å². The summed E-state index contributed by atoms with van der Waals surface area (Å²) in [7, 11) is 1.98. The SMILES string of the molecule is CN(C)c1ccc(CNS(=O)(=O)c2ccnn2C)cc1. The Hall–Kier alpha value is -1.86. The fourth-order valence-corrected chi connectivity index (χ4v) is 2.93. The van der Waals surface area contributed by atoms with Crippen LogP contribution in [0, 0.1) is 0 Å². The molecule has 6 nitrogen and oxygen atoms in total. The van der Waals surface area contributed by atoms with Crippen molar-refractivity contribution in [1.29, 1.82) is 0 Å². The lowest BCUT2D eigenvalue weighted by molar-refractivity contribution is 0.563. The van der Waals surface area contributed by atoms with E-state index in [1.165, 1.54) is 16.9 Å². The molecule has 0 radical (unpaired) electrons. The van der Waals surface area contributed by atoms with Crippen LogP contribution in [0.15, 0.2) is 41.6 Å². The summed E-state index contributed by atoms with van der Waals surface area (Å²) in [5, 5.41) is 4.02. The maximum atomic E-state index is 12.1. The first kappa shape index (κ1) is 14.5. The van der Waals surface area contributed by atoms with Crippen molar-refractivity contribution in [3.63, 3.8) is 0 Å². The highest BCUT2D eigenvalue weighted by molar-refractivity contribution is 7.89. The Balaban J connectivity index is 2.07. The number of sulfonamides is 1. The van der Waals surface area contributed by atoms with E-state index >= 15 is 0 Å². The predicted octanol–water partition coefficient (Wildman–Crippen LogP) is 0.965. The molecular weight excluding hydrogens is 276 g/mol. The Morgan fingerprint density at radius 2 is 1.85 bits per heavy atom. The second-order valence-electron chi connectivity index (χ2n) is 4.68. The molecule has 1 aromatic heterocycles. The monoisotopic (exact) mass is 294 g/mol. The van der Waals surface area contributed by atoms with Gasteiger partial charge in [0.15, 0.2) is 5.03 Å². The van der Waals surface area contributed by atoms with Crippen molar-refractivity contribution in [1.82, 2.24) is 14.5 Å². The molecule has 0 aliphatic carbocycles. The Kier molecular flexibility index (Phi) is 4.10. The third kappa shape index (κ3) is 3.17. The molecule has 108 valence electrons. The van der Waals surface area contributed by atoms with Crippen molar-refractivity contribution in [3.8, 4) is 0 Å². The zero-order valence-corrected chi connectivity index (χ0v) is 12.6. The number of anilines is 1. The summed E-state index contributed by atoms with van der Waals surface area (Å²) < 4.78 is 28.1. The second kappa shape index (κ2) is 5.64. The number of hydrogen-bond donors (Lipinski definition) is 1. The molecule has 0 fully saturated rings. The number of nitrogens with zero attached hydrogens (tertiary/aromatic N) is 3. The van der Waals surface area contributed by atoms with Crippen molar-refractivity contribution in [3.05, 3.63) is 42.1 Å². The first-order valence-corrected chi connectivity index (χ1v) is 7.62. The Morgan fingerprint density at radius 3 is 2.35 bits per heavy atom. The third-order valence-corrected chi connectivity index (χ3v) is 4.45. The molecule has 0 saturated carbocycles. The molecule has 2 rings (SSSR count). The fourth-order valence-electron chi connectivity index (χ4n) is 1.79. The normalized spacial score (nSPS) is 11.6. The summed E-state index contributed by atoms with van der Waals surface area (Å²) >= 11 is 0. The van der Waals surface area contributed by atoms with Crippen LogP contribution in [0.4, 0.5) is 5.69 Å². The van der Waals surface area contributed by atoms with E-state index in [9.17, 15) is 8.42 Å². The van der Waals surface area contributed by atoms with E-state index in [0.29, 0.717) is 0 Å². The van der Waals surface area contributed by atoms with Crippen LogP contribution >= 0.6 is 0 Å². The maximum absolute atomic E-state index is 12.1. The highest BCUT2D eigenvalue weighted by Gasteiger charge is 2.17. The number of rotatable bonds is 5. The first-order chi connectivity index (χ1) is 9.40. The average Bonchev–Trinajstić information content (AvgIpc) is 2.84. The fraction of sp³-hybridized carbons (Fsp3) is 0.308. The van der Waals surface area contributed by atoms with E-state index in [-0.39, 0.29) is 11.6 Å². The zero-order valence-electron chi connectivity index (χ0n) is 11.7. The Bertz CT molecular complexity index is 675. The molecule has 0 aliphatic rings. The van der Waals surface area contributed by atoms with Gasteiger partial charge in [-0.15, -0.1) is 0 Å². The van der Waals surface area contributed by atoms with Gasteiger partial charge in [-0.25, -0.2) is 13.1 Å². The minimum atomic E-state index is -3.53. The largest absolute Gasteiger partial charge is 0.378 e. The molecule has 0 saturated heterocycles. The Morgan fingerprint density at radius 1 is 1.20 bits per heavy atom. The van der Waals surface area contributed by atoms with Crippen LogP contribution < -0.4 is 9.62 Å². The van der Waals surface area contributed by atoms with Crippen molar-refractivity contribution < 1.29 is 8.42 Å². The quantitative estimate of drug-likeness (QED) is 0.892. The van der Waals surface area contributed by atoms with Crippen LogP contribution in [0.1, 0.15) is 5.56 Å². The summed E-state index contributed by atoms with van der Waals surface area (Å²) in [6, 6.07) is 9.18. The molecule has 1 aromatic carbocycles. The molecule has 0 atom stereocenters. The highest BCUT2D eigenvalue weighted by Crippen LogP contribution is 2.13. The summed E-state index contributed by atoms with van der Waals surface area (Å²) in [6.45, 7) is 0.251. The van der Waals surface area contributed by atoms with Crippen LogP contribution in [-0.4, -0.2) is 32.3 Å². The van der Waals surface area contributed by atoms with Gasteiger partial charge in [-0.05, 0) is 23.8 Å². The third-order valence-electron chi connectivity index (χ3n) is 2.97. The highest BCUT2D eigenvalue weighted by atomic mass is 32.2. The number of aryl methyl sites for hydroxylation is 1. The number of hydrogen-bond acceptors (Lipinski definition) is 4. The van der Waals surface area contributed by atoms with Crippen LogP contribution in [0.2, 0.25) is 0 Å². The van der Waals surface area contributed by atoms with Gasteiger partial charge in [0.25, 0.3) is 10.0 Å².